The van der Waals surface area contributed by atoms with Gasteiger partial charge in [0.25, 0.3) is 0 Å². The van der Waals surface area contributed by atoms with Crippen LogP contribution in [0.4, 0.5) is 0 Å². The quantitative estimate of drug-likeness (QED) is 0.894. The van der Waals surface area contributed by atoms with Gasteiger partial charge in [0.15, 0.2) is 0 Å². The van der Waals surface area contributed by atoms with Gasteiger partial charge in [-0.15, -0.1) is 0 Å². The summed E-state index contributed by atoms with van der Waals surface area (Å²) in [5.74, 6) is 0. The smallest absolute Gasteiger partial charge is 0.0622 e. The summed E-state index contributed by atoms with van der Waals surface area (Å²) >= 11 is 0. The zero-order valence-electron chi connectivity index (χ0n) is 13.5. The number of hydrogen-bond acceptors (Lipinski definition) is 3. The Morgan fingerprint density at radius 2 is 1.95 bits per heavy atom. The Kier molecular flexibility index (Phi) is 5.19. The van der Waals surface area contributed by atoms with Crippen molar-refractivity contribution in [1.29, 1.82) is 0 Å². The Balaban J connectivity index is 2.15. The molecule has 1 aliphatic heterocycles. The number of ether oxygens (including phenoxy) is 1. The maximum absolute atomic E-state index is 5.50. The lowest BCUT2D eigenvalue weighted by molar-refractivity contribution is 0.153. The highest BCUT2D eigenvalue weighted by atomic mass is 16.5. The summed E-state index contributed by atoms with van der Waals surface area (Å²) < 4.78 is 5.50. The maximum Gasteiger partial charge on any atom is 0.0622 e. The van der Waals surface area contributed by atoms with Crippen LogP contribution in [0.3, 0.4) is 0 Å². The summed E-state index contributed by atoms with van der Waals surface area (Å²) in [7, 11) is 4.27. The number of likely N-dealkylation sites (N-methyl/N-ethyl adjacent to an activating group) is 2. The molecule has 3 heteroatoms. The van der Waals surface area contributed by atoms with E-state index in [1.165, 1.54) is 22.3 Å². The summed E-state index contributed by atoms with van der Waals surface area (Å²) in [6.07, 6.45) is 1.15. The SMILES string of the molecule is CNC(CN(C)C1CCOC1)c1c(C)cc(C)cc1C. The zero-order valence-corrected chi connectivity index (χ0v) is 13.5. The number of nitrogens with one attached hydrogen (secondary N) is 1. The first-order chi connectivity index (χ1) is 9.52. The van der Waals surface area contributed by atoms with Crippen LogP contribution in [0, 0.1) is 20.8 Å². The van der Waals surface area contributed by atoms with Gasteiger partial charge in [-0.3, -0.25) is 4.90 Å². The minimum atomic E-state index is 0.376. The predicted octanol–water partition coefficient (Wildman–Crippen LogP) is 2.59. The van der Waals surface area contributed by atoms with Gasteiger partial charge in [0.1, 0.15) is 0 Å². The second kappa shape index (κ2) is 6.70. The summed E-state index contributed by atoms with van der Waals surface area (Å²) in [6.45, 7) is 9.41. The molecule has 1 aromatic rings. The van der Waals surface area contributed by atoms with Gasteiger partial charge < -0.3 is 10.1 Å². The van der Waals surface area contributed by atoms with Crippen molar-refractivity contribution in [2.45, 2.75) is 39.3 Å². The molecular weight excluding hydrogens is 248 g/mol. The highest BCUT2D eigenvalue weighted by Crippen LogP contribution is 2.25. The molecule has 3 nitrogen and oxygen atoms in total. The van der Waals surface area contributed by atoms with Gasteiger partial charge in [-0.2, -0.15) is 0 Å². The van der Waals surface area contributed by atoms with E-state index in [1.807, 2.05) is 0 Å². The molecule has 112 valence electrons. The normalized spacial score (nSPS) is 20.6. The third kappa shape index (κ3) is 3.40. The van der Waals surface area contributed by atoms with Crippen molar-refractivity contribution in [3.8, 4) is 0 Å². The summed E-state index contributed by atoms with van der Waals surface area (Å²) in [5.41, 5.74) is 5.57. The van der Waals surface area contributed by atoms with Crippen LogP contribution in [0.25, 0.3) is 0 Å². The largest absolute Gasteiger partial charge is 0.380 e. The van der Waals surface area contributed by atoms with Gasteiger partial charge in [0.2, 0.25) is 0 Å². The molecule has 0 aliphatic carbocycles. The molecule has 1 N–H and O–H groups in total. The molecule has 1 heterocycles. The highest BCUT2D eigenvalue weighted by molar-refractivity contribution is 5.39. The lowest BCUT2D eigenvalue weighted by Gasteiger charge is -2.30. The lowest BCUT2D eigenvalue weighted by atomic mass is 9.93. The van der Waals surface area contributed by atoms with Crippen molar-refractivity contribution in [3.05, 3.63) is 34.4 Å². The van der Waals surface area contributed by atoms with E-state index in [-0.39, 0.29) is 0 Å². The molecule has 1 saturated heterocycles. The lowest BCUT2D eigenvalue weighted by Crippen LogP contribution is -2.39. The molecule has 2 unspecified atom stereocenters. The fourth-order valence-electron chi connectivity index (χ4n) is 3.37. The number of hydrogen-bond donors (Lipinski definition) is 1. The van der Waals surface area contributed by atoms with Gasteiger partial charge in [0.05, 0.1) is 6.61 Å². The second-order valence-electron chi connectivity index (χ2n) is 6.11. The fraction of sp³-hybridized carbons (Fsp3) is 0.647. The van der Waals surface area contributed by atoms with Gasteiger partial charge in [-0.1, -0.05) is 17.7 Å². The Morgan fingerprint density at radius 1 is 1.30 bits per heavy atom. The molecule has 0 amide bonds. The molecule has 0 saturated carbocycles. The number of benzene rings is 1. The van der Waals surface area contributed by atoms with E-state index in [1.54, 1.807) is 0 Å². The molecular formula is C17H28N2O. The van der Waals surface area contributed by atoms with Crippen molar-refractivity contribution >= 4 is 0 Å². The van der Waals surface area contributed by atoms with E-state index in [2.05, 4.69) is 57.2 Å². The van der Waals surface area contributed by atoms with Crippen LogP contribution in [0.2, 0.25) is 0 Å². The summed E-state index contributed by atoms with van der Waals surface area (Å²) in [4.78, 5) is 2.44. The van der Waals surface area contributed by atoms with E-state index in [9.17, 15) is 0 Å². The first-order valence-corrected chi connectivity index (χ1v) is 7.56. The minimum absolute atomic E-state index is 0.376. The Hall–Kier alpha value is -0.900. The number of nitrogens with zero attached hydrogens (tertiary/aromatic N) is 1. The molecule has 2 rings (SSSR count). The van der Waals surface area contributed by atoms with Crippen molar-refractivity contribution < 1.29 is 4.74 Å². The van der Waals surface area contributed by atoms with Crippen LogP contribution in [0.15, 0.2) is 12.1 Å². The molecule has 0 aromatic heterocycles. The van der Waals surface area contributed by atoms with E-state index in [0.29, 0.717) is 12.1 Å². The number of aryl methyl sites for hydroxylation is 3. The first-order valence-electron chi connectivity index (χ1n) is 7.56. The Labute approximate surface area is 123 Å². The van der Waals surface area contributed by atoms with Crippen LogP contribution in [-0.2, 0) is 4.74 Å². The molecule has 2 atom stereocenters. The van der Waals surface area contributed by atoms with Crippen LogP contribution in [0.5, 0.6) is 0 Å². The van der Waals surface area contributed by atoms with E-state index in [4.69, 9.17) is 4.74 Å². The van der Waals surface area contributed by atoms with Crippen LogP contribution in [-0.4, -0.2) is 44.8 Å². The van der Waals surface area contributed by atoms with Crippen molar-refractivity contribution in [2.24, 2.45) is 0 Å². The molecule has 1 aliphatic rings. The second-order valence-corrected chi connectivity index (χ2v) is 6.11. The molecule has 0 radical (unpaired) electrons. The van der Waals surface area contributed by atoms with Gasteiger partial charge in [0, 0.05) is 25.2 Å². The molecule has 1 fully saturated rings. The van der Waals surface area contributed by atoms with Gasteiger partial charge >= 0.3 is 0 Å². The van der Waals surface area contributed by atoms with Crippen LogP contribution < -0.4 is 5.32 Å². The van der Waals surface area contributed by atoms with Crippen LogP contribution >= 0.6 is 0 Å². The average Bonchev–Trinajstić information content (AvgIpc) is 2.90. The van der Waals surface area contributed by atoms with E-state index < -0.39 is 0 Å². The Bertz CT molecular complexity index is 429. The molecule has 0 bridgehead atoms. The third-order valence-electron chi connectivity index (χ3n) is 4.43. The predicted molar refractivity (Wildman–Crippen MR) is 84.3 cm³/mol. The zero-order chi connectivity index (χ0) is 14.7. The number of rotatable bonds is 5. The first kappa shape index (κ1) is 15.5. The fourth-order valence-corrected chi connectivity index (χ4v) is 3.37. The van der Waals surface area contributed by atoms with Crippen LogP contribution in [0.1, 0.15) is 34.7 Å². The summed E-state index contributed by atoms with van der Waals surface area (Å²) in [6, 6.07) is 5.51. The van der Waals surface area contributed by atoms with Crippen molar-refractivity contribution in [1.82, 2.24) is 10.2 Å². The van der Waals surface area contributed by atoms with E-state index in [0.717, 1.165) is 26.2 Å². The topological polar surface area (TPSA) is 24.5 Å². The minimum Gasteiger partial charge on any atom is -0.380 e. The molecule has 20 heavy (non-hydrogen) atoms. The molecule has 0 spiro atoms. The van der Waals surface area contributed by atoms with Crippen molar-refractivity contribution in [3.63, 3.8) is 0 Å². The monoisotopic (exact) mass is 276 g/mol. The standard InChI is InChI=1S/C17H28N2O/c1-12-8-13(2)17(14(3)9-12)16(18-4)10-19(5)15-6-7-20-11-15/h8-9,15-16,18H,6-7,10-11H2,1-5H3. The summed E-state index contributed by atoms with van der Waals surface area (Å²) in [5, 5.41) is 3.49. The van der Waals surface area contributed by atoms with Crippen molar-refractivity contribution in [2.75, 3.05) is 33.9 Å². The maximum atomic E-state index is 5.50. The van der Waals surface area contributed by atoms with E-state index >= 15 is 0 Å². The highest BCUT2D eigenvalue weighted by Gasteiger charge is 2.24. The van der Waals surface area contributed by atoms with Gasteiger partial charge in [-0.05, 0) is 58.0 Å². The third-order valence-corrected chi connectivity index (χ3v) is 4.43. The average molecular weight is 276 g/mol. The molecule has 1 aromatic carbocycles. The van der Waals surface area contributed by atoms with Gasteiger partial charge in [-0.25, -0.2) is 0 Å². The Morgan fingerprint density at radius 3 is 2.45 bits per heavy atom.